The van der Waals surface area contributed by atoms with Crippen molar-refractivity contribution >= 4 is 15.7 Å². The van der Waals surface area contributed by atoms with Crippen molar-refractivity contribution in [2.75, 3.05) is 12.3 Å². The Balaban J connectivity index is 2.51. The van der Waals surface area contributed by atoms with Crippen molar-refractivity contribution < 1.29 is 8.42 Å². The molecular weight excluding hydrogens is 272 g/mol. The number of nitrogen functional groups attached to an aromatic ring is 1. The third-order valence-corrected chi connectivity index (χ3v) is 5.90. The third kappa shape index (κ3) is 2.83. The van der Waals surface area contributed by atoms with Crippen LogP contribution in [0.4, 0.5) is 5.69 Å². The van der Waals surface area contributed by atoms with E-state index in [2.05, 4.69) is 0 Å². The Morgan fingerprint density at radius 1 is 1.30 bits per heavy atom. The van der Waals surface area contributed by atoms with Crippen LogP contribution in [0.2, 0.25) is 0 Å². The number of hydrogen-bond acceptors (Lipinski definition) is 3. The van der Waals surface area contributed by atoms with Gasteiger partial charge in [0.15, 0.2) is 0 Å². The smallest absolute Gasteiger partial charge is 0.245 e. The molecule has 0 atom stereocenters. The lowest BCUT2D eigenvalue weighted by Crippen LogP contribution is -2.37. The molecule has 0 unspecified atom stereocenters. The molecule has 0 aromatic heterocycles. The summed E-state index contributed by atoms with van der Waals surface area (Å²) >= 11 is 0. The van der Waals surface area contributed by atoms with E-state index in [4.69, 9.17) is 5.73 Å². The van der Waals surface area contributed by atoms with Crippen LogP contribution in [0.15, 0.2) is 17.0 Å². The molecule has 5 heteroatoms. The molecule has 2 rings (SSSR count). The second-order valence-electron chi connectivity index (χ2n) is 6.13. The van der Waals surface area contributed by atoms with E-state index in [1.807, 2.05) is 33.8 Å². The van der Waals surface area contributed by atoms with Gasteiger partial charge in [-0.3, -0.25) is 0 Å². The summed E-state index contributed by atoms with van der Waals surface area (Å²) in [5.41, 5.74) is 8.03. The summed E-state index contributed by atoms with van der Waals surface area (Å²) in [6.45, 7) is 8.38. The Labute approximate surface area is 122 Å². The Kier molecular flexibility index (Phi) is 4.12. The van der Waals surface area contributed by atoms with E-state index < -0.39 is 10.0 Å². The van der Waals surface area contributed by atoms with E-state index in [1.54, 1.807) is 10.4 Å². The number of nitrogens with zero attached hydrogens (tertiary/aromatic N) is 1. The van der Waals surface area contributed by atoms with Crippen molar-refractivity contribution in [2.45, 2.75) is 51.5 Å². The Hall–Kier alpha value is -1.07. The highest BCUT2D eigenvalue weighted by atomic mass is 32.2. The average molecular weight is 296 g/mol. The molecule has 0 aliphatic heterocycles. The highest BCUT2D eigenvalue weighted by Gasteiger charge is 2.39. The number of benzene rings is 1. The molecule has 0 saturated heterocycles. The van der Waals surface area contributed by atoms with Crippen molar-refractivity contribution in [1.82, 2.24) is 4.31 Å². The predicted molar refractivity (Wildman–Crippen MR) is 82.1 cm³/mol. The van der Waals surface area contributed by atoms with E-state index in [9.17, 15) is 8.42 Å². The van der Waals surface area contributed by atoms with Crippen LogP contribution < -0.4 is 5.73 Å². The number of sulfonamides is 1. The lowest BCUT2D eigenvalue weighted by Gasteiger charge is -2.25. The van der Waals surface area contributed by atoms with Gasteiger partial charge >= 0.3 is 0 Å². The summed E-state index contributed by atoms with van der Waals surface area (Å²) in [6.07, 6.45) is 1.91. The zero-order chi connectivity index (χ0) is 15.1. The Morgan fingerprint density at radius 2 is 1.90 bits per heavy atom. The van der Waals surface area contributed by atoms with Crippen LogP contribution in [0.3, 0.4) is 0 Å². The number of rotatable bonds is 5. The lowest BCUT2D eigenvalue weighted by molar-refractivity contribution is 0.360. The lowest BCUT2D eigenvalue weighted by atomic mass is 10.1. The van der Waals surface area contributed by atoms with Gasteiger partial charge in [0.2, 0.25) is 10.0 Å². The maximum Gasteiger partial charge on any atom is 0.245 e. The SMILES string of the molecule is Cc1ccc(N)c(S(=O)(=O)N(CC(C)C)C2CC2)c1C. The van der Waals surface area contributed by atoms with Crippen molar-refractivity contribution in [3.63, 3.8) is 0 Å². The van der Waals surface area contributed by atoms with Crippen molar-refractivity contribution in [1.29, 1.82) is 0 Å². The first kappa shape index (κ1) is 15.3. The summed E-state index contributed by atoms with van der Waals surface area (Å²) in [5, 5.41) is 0. The van der Waals surface area contributed by atoms with Crippen LogP contribution in [-0.2, 0) is 10.0 Å². The normalized spacial score (nSPS) is 16.1. The fraction of sp³-hybridized carbons (Fsp3) is 0.600. The maximum atomic E-state index is 13.0. The molecule has 0 bridgehead atoms. The third-order valence-electron chi connectivity index (χ3n) is 3.77. The Bertz CT molecular complexity index is 605. The van der Waals surface area contributed by atoms with Gasteiger partial charge in [0.25, 0.3) is 0 Å². The van der Waals surface area contributed by atoms with E-state index >= 15 is 0 Å². The summed E-state index contributed by atoms with van der Waals surface area (Å²) in [4.78, 5) is 0.296. The molecule has 1 saturated carbocycles. The monoisotopic (exact) mass is 296 g/mol. The topological polar surface area (TPSA) is 63.4 Å². The molecule has 0 amide bonds. The van der Waals surface area contributed by atoms with E-state index in [1.165, 1.54) is 0 Å². The average Bonchev–Trinajstić information content (AvgIpc) is 3.15. The largest absolute Gasteiger partial charge is 0.398 e. The van der Waals surface area contributed by atoms with Gasteiger partial charge in [-0.15, -0.1) is 0 Å². The molecule has 4 nitrogen and oxygen atoms in total. The van der Waals surface area contributed by atoms with Crippen LogP contribution in [-0.4, -0.2) is 25.3 Å². The van der Waals surface area contributed by atoms with Crippen molar-refractivity contribution in [3.8, 4) is 0 Å². The molecule has 1 aliphatic carbocycles. The minimum absolute atomic E-state index is 0.154. The van der Waals surface area contributed by atoms with Crippen molar-refractivity contribution in [2.24, 2.45) is 5.92 Å². The molecular formula is C15H24N2O2S. The fourth-order valence-electron chi connectivity index (χ4n) is 2.44. The van der Waals surface area contributed by atoms with E-state index in [0.717, 1.165) is 24.0 Å². The zero-order valence-corrected chi connectivity index (χ0v) is 13.5. The van der Waals surface area contributed by atoms with Gasteiger partial charge in [0.05, 0.1) is 5.69 Å². The molecule has 112 valence electrons. The molecule has 0 spiro atoms. The fourth-order valence-corrected chi connectivity index (χ4v) is 4.68. The van der Waals surface area contributed by atoms with Crippen LogP contribution in [0.1, 0.15) is 37.8 Å². The second-order valence-corrected chi connectivity index (χ2v) is 7.95. The molecule has 1 aromatic carbocycles. The molecule has 1 aromatic rings. The van der Waals surface area contributed by atoms with Crippen LogP contribution >= 0.6 is 0 Å². The second kappa shape index (κ2) is 5.37. The minimum Gasteiger partial charge on any atom is -0.398 e. The first-order valence-corrected chi connectivity index (χ1v) is 8.56. The summed E-state index contributed by atoms with van der Waals surface area (Å²) in [7, 11) is -3.51. The van der Waals surface area contributed by atoms with Crippen LogP contribution in [0, 0.1) is 19.8 Å². The first-order valence-electron chi connectivity index (χ1n) is 7.12. The standard InChI is InChI=1S/C15H24N2O2S/c1-10(2)9-17(13-6-7-13)20(18,19)15-12(4)11(3)5-8-14(15)16/h5,8,10,13H,6-7,9,16H2,1-4H3. The van der Waals surface area contributed by atoms with Crippen LogP contribution in [0.25, 0.3) is 0 Å². The summed E-state index contributed by atoms with van der Waals surface area (Å²) in [5.74, 6) is 0.303. The van der Waals surface area contributed by atoms with Gasteiger partial charge in [0, 0.05) is 12.6 Å². The predicted octanol–water partition coefficient (Wildman–Crippen LogP) is 2.69. The molecule has 1 fully saturated rings. The first-order chi connectivity index (χ1) is 9.25. The van der Waals surface area contributed by atoms with Gasteiger partial charge in [-0.2, -0.15) is 4.31 Å². The summed E-state index contributed by atoms with van der Waals surface area (Å²) in [6, 6.07) is 3.71. The number of nitrogens with two attached hydrogens (primary N) is 1. The van der Waals surface area contributed by atoms with Crippen molar-refractivity contribution in [3.05, 3.63) is 23.3 Å². The van der Waals surface area contributed by atoms with Crippen LogP contribution in [0.5, 0.6) is 0 Å². The van der Waals surface area contributed by atoms with Gasteiger partial charge < -0.3 is 5.73 Å². The number of hydrogen-bond donors (Lipinski definition) is 1. The Morgan fingerprint density at radius 3 is 2.40 bits per heavy atom. The van der Waals surface area contributed by atoms with Gasteiger partial charge in [-0.1, -0.05) is 19.9 Å². The number of anilines is 1. The summed E-state index contributed by atoms with van der Waals surface area (Å²) < 4.78 is 27.6. The molecule has 2 N–H and O–H groups in total. The zero-order valence-electron chi connectivity index (χ0n) is 12.7. The quantitative estimate of drug-likeness (QED) is 0.850. The molecule has 1 aliphatic rings. The highest BCUT2D eigenvalue weighted by molar-refractivity contribution is 7.89. The van der Waals surface area contributed by atoms with Gasteiger partial charge in [0.1, 0.15) is 4.90 Å². The van der Waals surface area contributed by atoms with Gasteiger partial charge in [-0.25, -0.2) is 8.42 Å². The minimum atomic E-state index is -3.51. The van der Waals surface area contributed by atoms with E-state index in [0.29, 0.717) is 23.0 Å². The highest BCUT2D eigenvalue weighted by Crippen LogP contribution is 2.36. The van der Waals surface area contributed by atoms with E-state index in [-0.39, 0.29) is 6.04 Å². The molecule has 20 heavy (non-hydrogen) atoms. The van der Waals surface area contributed by atoms with Gasteiger partial charge in [-0.05, 0) is 49.8 Å². The molecule has 0 radical (unpaired) electrons. The molecule has 0 heterocycles. The number of aryl methyl sites for hydroxylation is 1. The maximum absolute atomic E-state index is 13.0.